The topological polar surface area (TPSA) is 73.5 Å². The molecular formula is C20H25N3O3S. The molecule has 0 bridgehead atoms. The molecular weight excluding hydrogens is 362 g/mol. The van der Waals surface area contributed by atoms with Gasteiger partial charge in [-0.25, -0.2) is 8.42 Å². The lowest BCUT2D eigenvalue weighted by Crippen LogP contribution is -2.60. The van der Waals surface area contributed by atoms with Gasteiger partial charge in [0, 0.05) is 36.6 Å². The molecule has 0 spiro atoms. The number of nitrogens with one attached hydrogen (secondary N) is 1. The number of hydrogen-bond donors (Lipinski definition) is 1. The van der Waals surface area contributed by atoms with Gasteiger partial charge in [0.05, 0.1) is 17.5 Å². The minimum Gasteiger partial charge on any atom is -0.351 e. The molecule has 1 N–H and O–H groups in total. The summed E-state index contributed by atoms with van der Waals surface area (Å²) in [7, 11) is -3.14. The molecule has 0 radical (unpaired) electrons. The number of benzene rings is 1. The van der Waals surface area contributed by atoms with Gasteiger partial charge in [0.2, 0.25) is 0 Å². The van der Waals surface area contributed by atoms with Gasteiger partial charge in [-0.05, 0) is 26.0 Å². The van der Waals surface area contributed by atoms with Crippen molar-refractivity contribution in [2.75, 3.05) is 31.1 Å². The fourth-order valence-electron chi connectivity index (χ4n) is 4.15. The Morgan fingerprint density at radius 2 is 1.93 bits per heavy atom. The van der Waals surface area contributed by atoms with E-state index in [1.807, 2.05) is 44.2 Å². The largest absolute Gasteiger partial charge is 0.351 e. The summed E-state index contributed by atoms with van der Waals surface area (Å²) in [5, 5.41) is 0.985. The summed E-state index contributed by atoms with van der Waals surface area (Å²) in [5.74, 6) is 0.0693. The Morgan fingerprint density at radius 1 is 1.19 bits per heavy atom. The Bertz CT molecular complexity index is 971. The number of amides is 1. The van der Waals surface area contributed by atoms with Crippen molar-refractivity contribution in [1.82, 2.24) is 14.8 Å². The Balaban J connectivity index is 1.61. The van der Waals surface area contributed by atoms with E-state index in [2.05, 4.69) is 16.0 Å². The number of carbonyl (C=O) groups excluding carboxylic acids is 1. The highest BCUT2D eigenvalue weighted by Crippen LogP contribution is 2.28. The van der Waals surface area contributed by atoms with E-state index in [4.69, 9.17) is 0 Å². The average molecular weight is 388 g/mol. The number of H-pyrrole nitrogens is 1. The fraction of sp³-hybridized carbons (Fsp3) is 0.450. The summed E-state index contributed by atoms with van der Waals surface area (Å²) in [4.78, 5) is 20.3. The number of carbonyl (C=O) groups is 1. The van der Waals surface area contributed by atoms with E-state index in [1.165, 1.54) is 5.57 Å². The maximum Gasteiger partial charge on any atom is 0.270 e. The van der Waals surface area contributed by atoms with Crippen molar-refractivity contribution in [1.29, 1.82) is 0 Å². The van der Waals surface area contributed by atoms with Crippen molar-refractivity contribution in [2.45, 2.75) is 25.9 Å². The number of hydrogen-bond acceptors (Lipinski definition) is 4. The molecule has 1 aromatic heterocycles. The molecule has 0 unspecified atom stereocenters. The van der Waals surface area contributed by atoms with Crippen LogP contribution < -0.4 is 0 Å². The molecule has 7 heteroatoms. The van der Waals surface area contributed by atoms with Crippen molar-refractivity contribution in [3.05, 3.63) is 47.7 Å². The molecule has 3 heterocycles. The number of piperazine rings is 1. The van der Waals surface area contributed by atoms with Gasteiger partial charge in [-0.15, -0.1) is 0 Å². The van der Waals surface area contributed by atoms with Crippen LogP contribution in [-0.2, 0) is 9.84 Å². The van der Waals surface area contributed by atoms with Gasteiger partial charge in [0.1, 0.15) is 5.69 Å². The predicted octanol–water partition coefficient (Wildman–Crippen LogP) is 2.06. The SMILES string of the molecule is CC(C)=CCN1CCN(C(=O)c2cc3ccccc3[nH]2)[C@H]2CS(=O)(=O)C[C@H]21. The van der Waals surface area contributed by atoms with E-state index in [-0.39, 0.29) is 29.5 Å². The average Bonchev–Trinajstić information content (AvgIpc) is 3.18. The Kier molecular flexibility index (Phi) is 4.60. The third-order valence-electron chi connectivity index (χ3n) is 5.55. The van der Waals surface area contributed by atoms with E-state index in [1.54, 1.807) is 4.90 Å². The first kappa shape index (κ1) is 18.3. The van der Waals surface area contributed by atoms with E-state index in [0.29, 0.717) is 18.8 Å². The molecule has 1 aromatic carbocycles. The zero-order valence-corrected chi connectivity index (χ0v) is 16.5. The van der Waals surface area contributed by atoms with Crippen LogP contribution in [0.5, 0.6) is 0 Å². The third kappa shape index (κ3) is 3.53. The molecule has 2 fully saturated rings. The summed E-state index contributed by atoms with van der Waals surface area (Å²) in [6.07, 6.45) is 2.12. The number of nitrogens with zero attached hydrogens (tertiary/aromatic N) is 2. The van der Waals surface area contributed by atoms with Crippen LogP contribution in [-0.4, -0.2) is 72.3 Å². The van der Waals surface area contributed by atoms with Crippen molar-refractivity contribution in [2.24, 2.45) is 0 Å². The molecule has 27 heavy (non-hydrogen) atoms. The maximum absolute atomic E-state index is 13.2. The van der Waals surface area contributed by atoms with Crippen LogP contribution in [0.2, 0.25) is 0 Å². The summed E-state index contributed by atoms with van der Waals surface area (Å²) < 4.78 is 24.7. The smallest absolute Gasteiger partial charge is 0.270 e. The molecule has 2 atom stereocenters. The van der Waals surface area contributed by atoms with E-state index in [9.17, 15) is 13.2 Å². The summed E-state index contributed by atoms with van der Waals surface area (Å²) in [6.45, 7) is 6.04. The summed E-state index contributed by atoms with van der Waals surface area (Å²) >= 11 is 0. The van der Waals surface area contributed by atoms with Crippen molar-refractivity contribution >= 4 is 26.6 Å². The van der Waals surface area contributed by atoms with Gasteiger partial charge in [0.15, 0.2) is 9.84 Å². The minimum atomic E-state index is -3.14. The second-order valence-electron chi connectivity index (χ2n) is 7.76. The van der Waals surface area contributed by atoms with Gasteiger partial charge in [-0.3, -0.25) is 9.69 Å². The van der Waals surface area contributed by atoms with Crippen LogP contribution in [0, 0.1) is 0 Å². The van der Waals surface area contributed by atoms with Crippen LogP contribution in [0.4, 0.5) is 0 Å². The van der Waals surface area contributed by atoms with Gasteiger partial charge in [0.25, 0.3) is 5.91 Å². The molecule has 0 aliphatic carbocycles. The molecule has 6 nitrogen and oxygen atoms in total. The van der Waals surface area contributed by atoms with E-state index < -0.39 is 9.84 Å². The van der Waals surface area contributed by atoms with Gasteiger partial charge in [-0.2, -0.15) is 0 Å². The molecule has 1 amide bonds. The third-order valence-corrected chi connectivity index (χ3v) is 7.25. The lowest BCUT2D eigenvalue weighted by molar-refractivity contribution is 0.0364. The highest BCUT2D eigenvalue weighted by Gasteiger charge is 2.48. The van der Waals surface area contributed by atoms with Gasteiger partial charge in [-0.1, -0.05) is 29.8 Å². The maximum atomic E-state index is 13.2. The number of para-hydroxylation sites is 1. The van der Waals surface area contributed by atoms with Gasteiger partial charge >= 0.3 is 0 Å². The van der Waals surface area contributed by atoms with Crippen LogP contribution in [0.1, 0.15) is 24.3 Å². The number of aromatic nitrogens is 1. The number of rotatable bonds is 3. The first-order valence-electron chi connectivity index (χ1n) is 9.30. The van der Waals surface area contributed by atoms with E-state index >= 15 is 0 Å². The number of fused-ring (bicyclic) bond motifs is 2. The van der Waals surface area contributed by atoms with Crippen LogP contribution in [0.15, 0.2) is 42.0 Å². The van der Waals surface area contributed by atoms with E-state index in [0.717, 1.165) is 17.4 Å². The first-order chi connectivity index (χ1) is 12.8. The van der Waals surface area contributed by atoms with Gasteiger partial charge < -0.3 is 9.88 Å². The minimum absolute atomic E-state index is 0.0506. The number of sulfone groups is 1. The highest BCUT2D eigenvalue weighted by atomic mass is 32.2. The molecule has 2 aliphatic rings. The normalized spacial score (nSPS) is 24.7. The Labute approximate surface area is 159 Å². The Morgan fingerprint density at radius 3 is 2.67 bits per heavy atom. The van der Waals surface area contributed by atoms with Crippen LogP contribution in [0.25, 0.3) is 10.9 Å². The molecule has 0 saturated carbocycles. The number of aromatic amines is 1. The molecule has 4 rings (SSSR count). The standard InChI is InChI=1S/C20H25N3O3S/c1-14(2)7-8-22-9-10-23(19-13-27(25,26)12-18(19)22)20(24)17-11-15-5-3-4-6-16(15)21-17/h3-7,11,18-19,21H,8-10,12-13H2,1-2H3/t18-,19+/m1/s1. The van der Waals surface area contributed by atoms with Crippen molar-refractivity contribution in [3.63, 3.8) is 0 Å². The summed E-state index contributed by atoms with van der Waals surface area (Å²) in [5.41, 5.74) is 2.65. The van der Waals surface area contributed by atoms with Crippen LogP contribution in [0.3, 0.4) is 0 Å². The molecule has 144 valence electrons. The van der Waals surface area contributed by atoms with Crippen molar-refractivity contribution < 1.29 is 13.2 Å². The second kappa shape index (κ2) is 6.80. The second-order valence-corrected chi connectivity index (χ2v) is 9.91. The highest BCUT2D eigenvalue weighted by molar-refractivity contribution is 7.91. The monoisotopic (exact) mass is 387 g/mol. The Hall–Kier alpha value is -2.12. The lowest BCUT2D eigenvalue weighted by Gasteiger charge is -2.43. The van der Waals surface area contributed by atoms with Crippen LogP contribution >= 0.6 is 0 Å². The number of allylic oxidation sites excluding steroid dienone is 1. The zero-order valence-electron chi connectivity index (χ0n) is 15.7. The molecule has 2 saturated heterocycles. The fourth-order valence-corrected chi connectivity index (χ4v) is 6.16. The zero-order chi connectivity index (χ0) is 19.2. The first-order valence-corrected chi connectivity index (χ1v) is 11.1. The summed E-state index contributed by atoms with van der Waals surface area (Å²) in [6, 6.07) is 9.20. The predicted molar refractivity (Wildman–Crippen MR) is 107 cm³/mol. The quantitative estimate of drug-likeness (QED) is 0.818. The molecule has 2 aromatic rings. The van der Waals surface area contributed by atoms with Crippen molar-refractivity contribution in [3.8, 4) is 0 Å². The lowest BCUT2D eigenvalue weighted by atomic mass is 10.0. The molecule has 2 aliphatic heterocycles.